The average molecular weight is 237 g/mol. The fourth-order valence-corrected chi connectivity index (χ4v) is 2.34. The molecule has 0 spiro atoms. The Morgan fingerprint density at radius 1 is 1.44 bits per heavy atom. The third kappa shape index (κ3) is 2.27. The fourth-order valence-electron chi connectivity index (χ4n) is 1.50. The highest BCUT2D eigenvalue weighted by Gasteiger charge is 2.08. The SMILES string of the molecule is CCCCOc1cc2nc(C)sc2cc1O. The number of nitrogens with zero attached hydrogens (tertiary/aromatic N) is 1. The van der Waals surface area contributed by atoms with Crippen molar-refractivity contribution in [2.45, 2.75) is 26.7 Å². The molecule has 1 heterocycles. The first kappa shape index (κ1) is 11.2. The third-order valence-corrected chi connectivity index (χ3v) is 3.27. The van der Waals surface area contributed by atoms with Gasteiger partial charge in [0.25, 0.3) is 0 Å². The second-order valence-corrected chi connectivity index (χ2v) is 4.96. The average Bonchev–Trinajstić information content (AvgIpc) is 2.58. The maximum atomic E-state index is 9.77. The molecule has 0 atom stereocenters. The van der Waals surface area contributed by atoms with Crippen molar-refractivity contribution < 1.29 is 9.84 Å². The zero-order valence-corrected chi connectivity index (χ0v) is 10.3. The van der Waals surface area contributed by atoms with Crippen molar-refractivity contribution in [3.8, 4) is 11.5 Å². The van der Waals surface area contributed by atoms with E-state index in [0.717, 1.165) is 28.1 Å². The number of phenolic OH excluding ortho intramolecular Hbond substituents is 1. The van der Waals surface area contributed by atoms with Gasteiger partial charge >= 0.3 is 0 Å². The van der Waals surface area contributed by atoms with Gasteiger partial charge in [0.15, 0.2) is 11.5 Å². The van der Waals surface area contributed by atoms with Crippen LogP contribution in [0.5, 0.6) is 11.5 Å². The van der Waals surface area contributed by atoms with E-state index in [9.17, 15) is 5.11 Å². The number of rotatable bonds is 4. The minimum Gasteiger partial charge on any atom is -0.504 e. The molecule has 0 aliphatic carbocycles. The minimum atomic E-state index is 0.201. The van der Waals surface area contributed by atoms with Crippen LogP contribution in [0, 0.1) is 6.92 Å². The zero-order valence-electron chi connectivity index (χ0n) is 9.49. The van der Waals surface area contributed by atoms with E-state index in [1.165, 1.54) is 0 Å². The quantitative estimate of drug-likeness (QED) is 0.828. The minimum absolute atomic E-state index is 0.201. The summed E-state index contributed by atoms with van der Waals surface area (Å²) in [4.78, 5) is 4.37. The second-order valence-electron chi connectivity index (χ2n) is 3.72. The summed E-state index contributed by atoms with van der Waals surface area (Å²) in [5, 5.41) is 10.8. The fraction of sp³-hybridized carbons (Fsp3) is 0.417. The molecule has 0 aliphatic rings. The van der Waals surface area contributed by atoms with E-state index in [-0.39, 0.29) is 5.75 Å². The van der Waals surface area contributed by atoms with E-state index in [1.54, 1.807) is 17.4 Å². The van der Waals surface area contributed by atoms with Gasteiger partial charge < -0.3 is 9.84 Å². The van der Waals surface area contributed by atoms with E-state index in [0.29, 0.717) is 12.4 Å². The molecule has 1 aromatic carbocycles. The van der Waals surface area contributed by atoms with Gasteiger partial charge in [-0.2, -0.15) is 0 Å². The number of ether oxygens (including phenoxy) is 1. The summed E-state index contributed by atoms with van der Waals surface area (Å²) in [6, 6.07) is 3.53. The Hall–Kier alpha value is -1.29. The lowest BCUT2D eigenvalue weighted by molar-refractivity contribution is 0.293. The molecule has 86 valence electrons. The largest absolute Gasteiger partial charge is 0.504 e. The predicted molar refractivity (Wildman–Crippen MR) is 66.4 cm³/mol. The highest BCUT2D eigenvalue weighted by Crippen LogP contribution is 2.33. The standard InChI is InChI=1S/C12H15NO2S/c1-3-4-5-15-11-6-9-12(7-10(11)14)16-8(2)13-9/h6-7,14H,3-5H2,1-2H3. The molecule has 2 rings (SSSR count). The molecule has 4 heteroatoms. The highest BCUT2D eigenvalue weighted by atomic mass is 32.1. The molecule has 0 aliphatic heterocycles. The smallest absolute Gasteiger partial charge is 0.163 e. The third-order valence-electron chi connectivity index (χ3n) is 2.33. The molecular weight excluding hydrogens is 222 g/mol. The van der Waals surface area contributed by atoms with Crippen LogP contribution >= 0.6 is 11.3 Å². The molecule has 0 saturated heterocycles. The van der Waals surface area contributed by atoms with E-state index < -0.39 is 0 Å². The van der Waals surface area contributed by atoms with E-state index in [4.69, 9.17) is 4.74 Å². The molecule has 1 aromatic heterocycles. The van der Waals surface area contributed by atoms with Crippen molar-refractivity contribution in [2.24, 2.45) is 0 Å². The van der Waals surface area contributed by atoms with Crippen LogP contribution < -0.4 is 4.74 Å². The Bertz CT molecular complexity index is 493. The monoisotopic (exact) mass is 237 g/mol. The number of unbranched alkanes of at least 4 members (excludes halogenated alkanes) is 1. The van der Waals surface area contributed by atoms with Crippen LogP contribution in [0.4, 0.5) is 0 Å². The maximum absolute atomic E-state index is 9.77. The topological polar surface area (TPSA) is 42.4 Å². The summed E-state index contributed by atoms with van der Waals surface area (Å²) in [6.45, 7) is 4.70. The van der Waals surface area contributed by atoms with Crippen LogP contribution in [0.25, 0.3) is 10.2 Å². The van der Waals surface area contributed by atoms with Gasteiger partial charge in [-0.15, -0.1) is 11.3 Å². The van der Waals surface area contributed by atoms with Gasteiger partial charge in [0, 0.05) is 12.1 Å². The van der Waals surface area contributed by atoms with Gasteiger partial charge in [0.05, 0.1) is 21.8 Å². The Morgan fingerprint density at radius 2 is 2.25 bits per heavy atom. The summed E-state index contributed by atoms with van der Waals surface area (Å²) in [7, 11) is 0. The Balaban J connectivity index is 2.27. The first-order chi connectivity index (χ1) is 7.70. The summed E-state index contributed by atoms with van der Waals surface area (Å²) < 4.78 is 6.51. The van der Waals surface area contributed by atoms with Crippen molar-refractivity contribution in [1.29, 1.82) is 0 Å². The first-order valence-corrected chi connectivity index (χ1v) is 6.25. The van der Waals surface area contributed by atoms with E-state index in [2.05, 4.69) is 11.9 Å². The van der Waals surface area contributed by atoms with Crippen molar-refractivity contribution in [3.05, 3.63) is 17.1 Å². The number of phenols is 1. The molecule has 0 saturated carbocycles. The van der Waals surface area contributed by atoms with Crippen molar-refractivity contribution in [3.63, 3.8) is 0 Å². The molecule has 2 aromatic rings. The molecule has 1 N–H and O–H groups in total. The second kappa shape index (κ2) is 4.70. The Kier molecular flexibility index (Phi) is 3.29. The van der Waals surface area contributed by atoms with Crippen molar-refractivity contribution in [2.75, 3.05) is 6.61 Å². The molecule has 3 nitrogen and oxygen atoms in total. The summed E-state index contributed by atoms with van der Waals surface area (Å²) in [5.74, 6) is 0.735. The molecule has 0 unspecified atom stereocenters. The van der Waals surface area contributed by atoms with Crippen LogP contribution in [0.15, 0.2) is 12.1 Å². The predicted octanol–water partition coefficient (Wildman–Crippen LogP) is 3.49. The lowest BCUT2D eigenvalue weighted by atomic mass is 10.3. The number of thiazole rings is 1. The number of hydrogen-bond acceptors (Lipinski definition) is 4. The van der Waals surface area contributed by atoms with Crippen LogP contribution in [0.3, 0.4) is 0 Å². The number of hydrogen-bond donors (Lipinski definition) is 1. The number of fused-ring (bicyclic) bond motifs is 1. The highest BCUT2D eigenvalue weighted by molar-refractivity contribution is 7.18. The van der Waals surface area contributed by atoms with Crippen LogP contribution in [-0.2, 0) is 0 Å². The van der Waals surface area contributed by atoms with Gasteiger partial charge in [0.1, 0.15) is 0 Å². The Labute approximate surface area is 98.7 Å². The Morgan fingerprint density at radius 3 is 3.00 bits per heavy atom. The van der Waals surface area contributed by atoms with Gasteiger partial charge in [-0.1, -0.05) is 13.3 Å². The van der Waals surface area contributed by atoms with E-state index >= 15 is 0 Å². The summed E-state index contributed by atoms with van der Waals surface area (Å²) in [6.07, 6.45) is 2.08. The van der Waals surface area contributed by atoms with Crippen molar-refractivity contribution in [1.82, 2.24) is 4.98 Å². The lowest BCUT2D eigenvalue weighted by Crippen LogP contribution is -1.96. The van der Waals surface area contributed by atoms with Crippen LogP contribution in [-0.4, -0.2) is 16.7 Å². The number of aromatic nitrogens is 1. The van der Waals surface area contributed by atoms with Gasteiger partial charge in [-0.05, 0) is 13.3 Å². The van der Waals surface area contributed by atoms with Crippen LogP contribution in [0.1, 0.15) is 24.8 Å². The summed E-state index contributed by atoms with van der Waals surface area (Å²) >= 11 is 1.58. The van der Waals surface area contributed by atoms with Gasteiger partial charge in [0.2, 0.25) is 0 Å². The molecule has 0 radical (unpaired) electrons. The lowest BCUT2D eigenvalue weighted by Gasteiger charge is -2.06. The van der Waals surface area contributed by atoms with Crippen LogP contribution in [0.2, 0.25) is 0 Å². The summed E-state index contributed by atoms with van der Waals surface area (Å²) in [5.41, 5.74) is 0.895. The molecular formula is C12H15NO2S. The number of aryl methyl sites for hydroxylation is 1. The van der Waals surface area contributed by atoms with Gasteiger partial charge in [-0.25, -0.2) is 4.98 Å². The zero-order chi connectivity index (χ0) is 11.5. The maximum Gasteiger partial charge on any atom is 0.163 e. The molecule has 0 bridgehead atoms. The molecule has 16 heavy (non-hydrogen) atoms. The van der Waals surface area contributed by atoms with Gasteiger partial charge in [-0.3, -0.25) is 0 Å². The first-order valence-electron chi connectivity index (χ1n) is 5.43. The van der Waals surface area contributed by atoms with E-state index in [1.807, 2.05) is 13.0 Å². The van der Waals surface area contributed by atoms with Crippen molar-refractivity contribution >= 4 is 21.6 Å². The molecule has 0 amide bonds. The number of benzene rings is 1. The number of aromatic hydroxyl groups is 1. The normalized spacial score (nSPS) is 10.9. The molecule has 0 fully saturated rings.